The van der Waals surface area contributed by atoms with Gasteiger partial charge < -0.3 is 20.5 Å². The number of esters is 1. The van der Waals surface area contributed by atoms with Gasteiger partial charge in [0.2, 0.25) is 0 Å². The first-order valence-corrected chi connectivity index (χ1v) is 8.48. The van der Waals surface area contributed by atoms with Crippen LogP contribution in [0, 0.1) is 5.92 Å². The zero-order valence-electron chi connectivity index (χ0n) is 14.4. The third kappa shape index (κ3) is 3.61. The second-order valence-corrected chi connectivity index (χ2v) is 6.36. The van der Waals surface area contributed by atoms with E-state index in [2.05, 4.69) is 5.10 Å². The molecule has 134 valence electrons. The van der Waals surface area contributed by atoms with Crippen molar-refractivity contribution >= 4 is 17.6 Å². The van der Waals surface area contributed by atoms with Crippen LogP contribution in [0.25, 0.3) is 0 Å². The van der Waals surface area contributed by atoms with Gasteiger partial charge in [-0.25, -0.2) is 9.48 Å². The minimum absolute atomic E-state index is 0.129. The molecular formula is C18H24N4O3. The van der Waals surface area contributed by atoms with Crippen LogP contribution in [0.2, 0.25) is 0 Å². The van der Waals surface area contributed by atoms with Gasteiger partial charge in [-0.3, -0.25) is 0 Å². The fraction of sp³-hybridized carbons (Fsp3) is 0.444. The van der Waals surface area contributed by atoms with E-state index in [9.17, 15) is 9.90 Å². The fourth-order valence-electron chi connectivity index (χ4n) is 3.26. The number of nitrogen functional groups attached to an aromatic ring is 1. The Morgan fingerprint density at radius 1 is 1.40 bits per heavy atom. The Balaban J connectivity index is 1.95. The second-order valence-electron chi connectivity index (χ2n) is 6.36. The molecule has 0 radical (unpaired) electrons. The molecule has 3 rings (SSSR count). The van der Waals surface area contributed by atoms with Gasteiger partial charge in [0.1, 0.15) is 11.4 Å². The molecule has 2 heterocycles. The molecule has 1 aromatic carbocycles. The van der Waals surface area contributed by atoms with Crippen LogP contribution in [-0.2, 0) is 11.3 Å². The smallest absolute Gasteiger partial charge is 0.345 e. The highest BCUT2D eigenvalue weighted by Gasteiger charge is 2.29. The number of piperidine rings is 1. The van der Waals surface area contributed by atoms with Crippen molar-refractivity contribution < 1.29 is 14.6 Å². The van der Waals surface area contributed by atoms with Crippen LogP contribution in [0.3, 0.4) is 0 Å². The van der Waals surface area contributed by atoms with Gasteiger partial charge in [-0.05, 0) is 24.3 Å². The molecule has 1 aromatic heterocycles. The first kappa shape index (κ1) is 17.3. The highest BCUT2D eigenvalue weighted by atomic mass is 16.5. The maximum Gasteiger partial charge on any atom is 0.345 e. The van der Waals surface area contributed by atoms with Crippen molar-refractivity contribution in [1.29, 1.82) is 0 Å². The summed E-state index contributed by atoms with van der Waals surface area (Å²) < 4.78 is 6.56. The first-order valence-electron chi connectivity index (χ1n) is 8.48. The first-order chi connectivity index (χ1) is 12.1. The molecule has 3 N–H and O–H groups in total. The molecule has 1 aliphatic rings. The third-order valence-electron chi connectivity index (χ3n) is 4.61. The highest BCUT2D eigenvalue weighted by molar-refractivity contribution is 5.99. The van der Waals surface area contributed by atoms with E-state index in [0.717, 1.165) is 24.9 Å². The minimum atomic E-state index is -0.488. The van der Waals surface area contributed by atoms with Gasteiger partial charge in [-0.15, -0.1) is 0 Å². The van der Waals surface area contributed by atoms with Crippen molar-refractivity contribution in [3.8, 4) is 0 Å². The molecule has 1 aliphatic heterocycles. The molecule has 25 heavy (non-hydrogen) atoms. The number of benzene rings is 1. The summed E-state index contributed by atoms with van der Waals surface area (Å²) in [6.07, 6.45) is 1.91. The molecule has 7 heteroatoms. The van der Waals surface area contributed by atoms with Crippen LogP contribution < -0.4 is 10.6 Å². The number of anilines is 2. The number of aromatic nitrogens is 2. The van der Waals surface area contributed by atoms with E-state index in [4.69, 9.17) is 10.5 Å². The Bertz CT molecular complexity index is 729. The van der Waals surface area contributed by atoms with E-state index in [1.807, 2.05) is 35.2 Å². The molecule has 0 bridgehead atoms. The Morgan fingerprint density at radius 3 is 2.84 bits per heavy atom. The lowest BCUT2D eigenvalue weighted by Gasteiger charge is -2.32. The number of nitrogens with two attached hydrogens (primary N) is 1. The van der Waals surface area contributed by atoms with Crippen molar-refractivity contribution in [3.63, 3.8) is 0 Å². The van der Waals surface area contributed by atoms with Gasteiger partial charge >= 0.3 is 5.97 Å². The number of rotatable bonds is 5. The average Bonchev–Trinajstić information content (AvgIpc) is 2.98. The van der Waals surface area contributed by atoms with E-state index in [-0.39, 0.29) is 12.5 Å². The maximum absolute atomic E-state index is 12.3. The molecular weight excluding hydrogens is 320 g/mol. The normalized spacial score (nSPS) is 17.5. The van der Waals surface area contributed by atoms with Crippen LogP contribution in [0.1, 0.15) is 28.8 Å². The molecule has 0 amide bonds. The molecule has 0 saturated carbocycles. The van der Waals surface area contributed by atoms with Crippen molar-refractivity contribution in [3.05, 3.63) is 41.5 Å². The summed E-state index contributed by atoms with van der Waals surface area (Å²) in [6, 6.07) is 9.83. The van der Waals surface area contributed by atoms with Crippen molar-refractivity contribution in [2.24, 2.45) is 5.92 Å². The van der Waals surface area contributed by atoms with Crippen molar-refractivity contribution in [2.75, 3.05) is 37.4 Å². The summed E-state index contributed by atoms with van der Waals surface area (Å²) in [5.41, 5.74) is 7.58. The summed E-state index contributed by atoms with van der Waals surface area (Å²) in [5.74, 6) is 0.535. The molecule has 1 saturated heterocycles. The topological polar surface area (TPSA) is 93.6 Å². The van der Waals surface area contributed by atoms with Crippen molar-refractivity contribution in [2.45, 2.75) is 19.4 Å². The number of hydrogen-bond acceptors (Lipinski definition) is 6. The van der Waals surface area contributed by atoms with Crippen LogP contribution in [0.15, 0.2) is 30.3 Å². The largest absolute Gasteiger partial charge is 0.465 e. The molecule has 1 atom stereocenters. The second kappa shape index (κ2) is 7.57. The molecule has 0 aliphatic carbocycles. The lowest BCUT2D eigenvalue weighted by atomic mass is 9.99. The quantitative estimate of drug-likeness (QED) is 0.799. The predicted molar refractivity (Wildman–Crippen MR) is 95.5 cm³/mol. The minimum Gasteiger partial charge on any atom is -0.465 e. The van der Waals surface area contributed by atoms with Gasteiger partial charge in [0.15, 0.2) is 5.82 Å². The Labute approximate surface area is 147 Å². The van der Waals surface area contributed by atoms with Gasteiger partial charge in [0.05, 0.1) is 13.7 Å². The Morgan fingerprint density at radius 2 is 2.16 bits per heavy atom. The Kier molecular flexibility index (Phi) is 5.23. The summed E-state index contributed by atoms with van der Waals surface area (Å²) >= 11 is 0. The van der Waals surface area contributed by atoms with E-state index in [1.165, 1.54) is 7.11 Å². The number of carbonyl (C=O) groups excluding carboxylic acids is 1. The van der Waals surface area contributed by atoms with Gasteiger partial charge in [0, 0.05) is 19.7 Å². The maximum atomic E-state index is 12.3. The van der Waals surface area contributed by atoms with Crippen LogP contribution in [-0.4, -0.2) is 47.7 Å². The van der Waals surface area contributed by atoms with Gasteiger partial charge in [-0.2, -0.15) is 5.10 Å². The number of nitrogens with zero attached hydrogens (tertiary/aromatic N) is 3. The monoisotopic (exact) mass is 344 g/mol. The van der Waals surface area contributed by atoms with E-state index < -0.39 is 5.97 Å². The summed E-state index contributed by atoms with van der Waals surface area (Å²) in [5, 5.41) is 14.1. The van der Waals surface area contributed by atoms with Crippen LogP contribution in [0.5, 0.6) is 0 Å². The van der Waals surface area contributed by atoms with Crippen molar-refractivity contribution in [1.82, 2.24) is 9.78 Å². The number of hydrogen-bond donors (Lipinski definition) is 2. The van der Waals surface area contributed by atoms with Crippen LogP contribution >= 0.6 is 0 Å². The lowest BCUT2D eigenvalue weighted by Crippen LogP contribution is -2.37. The Hall–Kier alpha value is -2.54. The molecule has 1 unspecified atom stereocenters. The fourth-order valence-corrected chi connectivity index (χ4v) is 3.26. The summed E-state index contributed by atoms with van der Waals surface area (Å²) in [4.78, 5) is 14.3. The standard InChI is InChI=1S/C18H24N4O3/c1-25-18(24)15-16(19)22(11-13-6-3-2-4-7-13)20-17(15)21-9-5-8-14(10-21)12-23/h2-4,6-7,14,23H,5,8-12,19H2,1H3. The van der Waals surface area contributed by atoms with Gasteiger partial charge in [-0.1, -0.05) is 30.3 Å². The zero-order valence-corrected chi connectivity index (χ0v) is 14.4. The lowest BCUT2D eigenvalue weighted by molar-refractivity contribution is 0.0602. The summed E-state index contributed by atoms with van der Waals surface area (Å²) in [7, 11) is 1.34. The number of methoxy groups -OCH3 is 1. The van der Waals surface area contributed by atoms with E-state index in [0.29, 0.717) is 30.3 Å². The number of carbonyl (C=O) groups is 1. The highest BCUT2D eigenvalue weighted by Crippen LogP contribution is 2.30. The summed E-state index contributed by atoms with van der Waals surface area (Å²) in [6.45, 7) is 2.04. The molecule has 2 aromatic rings. The predicted octanol–water partition coefficient (Wildman–Crippen LogP) is 1.51. The average molecular weight is 344 g/mol. The molecule has 1 fully saturated rings. The van der Waals surface area contributed by atoms with Crippen LogP contribution in [0.4, 0.5) is 11.6 Å². The van der Waals surface area contributed by atoms with Gasteiger partial charge in [0.25, 0.3) is 0 Å². The third-order valence-corrected chi connectivity index (χ3v) is 4.61. The SMILES string of the molecule is COC(=O)c1c(N2CCCC(CO)C2)nn(Cc2ccccc2)c1N. The van der Waals surface area contributed by atoms with E-state index >= 15 is 0 Å². The molecule has 0 spiro atoms. The van der Waals surface area contributed by atoms with E-state index in [1.54, 1.807) is 4.68 Å². The number of ether oxygens (including phenoxy) is 1. The number of aliphatic hydroxyl groups is 1. The number of aliphatic hydroxyl groups excluding tert-OH is 1. The molecule has 7 nitrogen and oxygen atoms in total. The zero-order chi connectivity index (χ0) is 17.8.